The SMILES string of the molecule is ON=C1c2ccccc2OC(c2ccccc2)C1n1ccnc1. The molecule has 2 unspecified atom stereocenters. The second-order valence-electron chi connectivity index (χ2n) is 5.39. The van der Waals surface area contributed by atoms with Gasteiger partial charge in [-0.25, -0.2) is 4.98 Å². The van der Waals surface area contributed by atoms with Crippen molar-refractivity contribution in [3.05, 3.63) is 84.4 Å². The van der Waals surface area contributed by atoms with Gasteiger partial charge in [0.25, 0.3) is 0 Å². The fraction of sp³-hybridized carbons (Fsp3) is 0.111. The number of fused-ring (bicyclic) bond motifs is 1. The summed E-state index contributed by atoms with van der Waals surface area (Å²) < 4.78 is 8.15. The molecular weight excluding hydrogens is 290 g/mol. The number of hydrogen-bond donors (Lipinski definition) is 1. The number of nitrogens with zero attached hydrogens (tertiary/aromatic N) is 3. The van der Waals surface area contributed by atoms with Crippen LogP contribution in [0.2, 0.25) is 0 Å². The summed E-state index contributed by atoms with van der Waals surface area (Å²) in [5.41, 5.74) is 2.38. The zero-order valence-corrected chi connectivity index (χ0v) is 12.3. The lowest BCUT2D eigenvalue weighted by molar-refractivity contribution is 0.157. The first kappa shape index (κ1) is 13.6. The Morgan fingerprint density at radius 2 is 1.83 bits per heavy atom. The molecule has 3 aromatic rings. The predicted molar refractivity (Wildman–Crippen MR) is 85.8 cm³/mol. The van der Waals surface area contributed by atoms with Crippen molar-refractivity contribution in [2.45, 2.75) is 12.1 Å². The molecular formula is C18H15N3O2. The van der Waals surface area contributed by atoms with Crippen LogP contribution in [-0.2, 0) is 0 Å². The predicted octanol–water partition coefficient (Wildman–Crippen LogP) is 3.44. The van der Waals surface area contributed by atoms with Gasteiger partial charge in [0.1, 0.15) is 17.5 Å². The van der Waals surface area contributed by atoms with Crippen LogP contribution in [0.4, 0.5) is 0 Å². The van der Waals surface area contributed by atoms with E-state index in [1.807, 2.05) is 65.4 Å². The van der Waals surface area contributed by atoms with Crippen molar-refractivity contribution < 1.29 is 9.94 Å². The molecule has 114 valence electrons. The minimum absolute atomic E-state index is 0.292. The minimum Gasteiger partial charge on any atom is -0.482 e. The maximum Gasteiger partial charge on any atom is 0.150 e. The molecule has 1 N–H and O–H groups in total. The van der Waals surface area contributed by atoms with Crippen molar-refractivity contribution in [2.24, 2.45) is 5.16 Å². The van der Waals surface area contributed by atoms with Crippen molar-refractivity contribution in [1.29, 1.82) is 0 Å². The number of rotatable bonds is 2. The average Bonchev–Trinajstić information content (AvgIpc) is 3.15. The van der Waals surface area contributed by atoms with Crippen molar-refractivity contribution >= 4 is 5.71 Å². The first-order valence-electron chi connectivity index (χ1n) is 7.39. The number of imidazole rings is 1. The van der Waals surface area contributed by atoms with Gasteiger partial charge in [-0.3, -0.25) is 0 Å². The first-order chi connectivity index (χ1) is 11.4. The topological polar surface area (TPSA) is 59.6 Å². The molecule has 1 aliphatic heterocycles. The maximum absolute atomic E-state index is 9.67. The molecule has 0 fully saturated rings. The van der Waals surface area contributed by atoms with Gasteiger partial charge < -0.3 is 14.5 Å². The summed E-state index contributed by atoms with van der Waals surface area (Å²) in [4.78, 5) is 4.12. The van der Waals surface area contributed by atoms with Crippen LogP contribution in [0.25, 0.3) is 0 Å². The van der Waals surface area contributed by atoms with Gasteiger partial charge >= 0.3 is 0 Å². The van der Waals surface area contributed by atoms with Crippen LogP contribution >= 0.6 is 0 Å². The molecule has 0 saturated carbocycles. The second kappa shape index (κ2) is 5.61. The first-order valence-corrected chi connectivity index (χ1v) is 7.39. The number of para-hydroxylation sites is 1. The van der Waals surface area contributed by atoms with Crippen molar-refractivity contribution in [3.63, 3.8) is 0 Å². The number of aromatic nitrogens is 2. The van der Waals surface area contributed by atoms with Gasteiger partial charge in [-0.05, 0) is 17.7 Å². The molecule has 1 aromatic heterocycles. The van der Waals surface area contributed by atoms with Gasteiger partial charge in [-0.2, -0.15) is 0 Å². The van der Waals surface area contributed by atoms with Gasteiger partial charge in [0, 0.05) is 18.0 Å². The van der Waals surface area contributed by atoms with Crippen LogP contribution in [0, 0.1) is 0 Å². The maximum atomic E-state index is 9.67. The Morgan fingerprint density at radius 1 is 1.04 bits per heavy atom. The molecule has 0 radical (unpaired) electrons. The number of benzene rings is 2. The van der Waals surface area contributed by atoms with Crippen LogP contribution in [0.15, 0.2) is 78.5 Å². The highest BCUT2D eigenvalue weighted by atomic mass is 16.5. The third kappa shape index (κ3) is 2.26. The van der Waals surface area contributed by atoms with Crippen LogP contribution in [0.1, 0.15) is 23.3 Å². The van der Waals surface area contributed by atoms with E-state index in [2.05, 4.69) is 10.1 Å². The molecule has 5 heteroatoms. The van der Waals surface area contributed by atoms with Gasteiger partial charge in [-0.1, -0.05) is 47.6 Å². The van der Waals surface area contributed by atoms with E-state index < -0.39 is 0 Å². The molecule has 4 rings (SSSR count). The van der Waals surface area contributed by atoms with E-state index in [0.717, 1.165) is 11.1 Å². The largest absolute Gasteiger partial charge is 0.482 e. The lowest BCUT2D eigenvalue weighted by atomic mass is 9.90. The Bertz CT molecular complexity index is 828. The van der Waals surface area contributed by atoms with E-state index in [4.69, 9.17) is 4.74 Å². The third-order valence-corrected chi connectivity index (χ3v) is 4.07. The van der Waals surface area contributed by atoms with Gasteiger partial charge in [-0.15, -0.1) is 0 Å². The van der Waals surface area contributed by atoms with E-state index in [1.54, 1.807) is 12.5 Å². The van der Waals surface area contributed by atoms with Crippen LogP contribution in [0.5, 0.6) is 5.75 Å². The molecule has 0 saturated heterocycles. The quantitative estimate of drug-likeness (QED) is 0.583. The Hall–Kier alpha value is -3.08. The zero-order chi connectivity index (χ0) is 15.6. The smallest absolute Gasteiger partial charge is 0.150 e. The molecule has 2 aromatic carbocycles. The summed E-state index contributed by atoms with van der Waals surface area (Å²) in [5.74, 6) is 0.713. The van der Waals surface area contributed by atoms with Crippen molar-refractivity contribution in [3.8, 4) is 5.75 Å². The van der Waals surface area contributed by atoms with Crippen molar-refractivity contribution in [1.82, 2.24) is 9.55 Å². The van der Waals surface area contributed by atoms with Gasteiger partial charge in [0.15, 0.2) is 6.10 Å². The molecule has 2 heterocycles. The molecule has 23 heavy (non-hydrogen) atoms. The average molecular weight is 305 g/mol. The summed E-state index contributed by atoms with van der Waals surface area (Å²) in [7, 11) is 0. The van der Waals surface area contributed by atoms with E-state index >= 15 is 0 Å². The van der Waals surface area contributed by atoms with Gasteiger partial charge in [0.05, 0.1) is 6.33 Å². The molecule has 0 bridgehead atoms. The van der Waals surface area contributed by atoms with Crippen molar-refractivity contribution in [2.75, 3.05) is 0 Å². The second-order valence-corrected chi connectivity index (χ2v) is 5.39. The fourth-order valence-electron chi connectivity index (χ4n) is 3.02. The van der Waals surface area contributed by atoms with E-state index in [-0.39, 0.29) is 12.1 Å². The third-order valence-electron chi connectivity index (χ3n) is 4.07. The standard InChI is InChI=1S/C18H15N3O2/c22-20-16-14-8-4-5-9-15(14)23-18(13-6-2-1-3-7-13)17(16)21-11-10-19-12-21/h1-12,17-18,22H. The summed E-state index contributed by atoms with van der Waals surface area (Å²) in [6, 6.07) is 17.2. The minimum atomic E-state index is -0.300. The summed E-state index contributed by atoms with van der Waals surface area (Å²) >= 11 is 0. The molecule has 5 nitrogen and oxygen atoms in total. The Labute approximate surface area is 133 Å². The molecule has 1 aliphatic rings. The summed E-state index contributed by atoms with van der Waals surface area (Å²) in [6.07, 6.45) is 4.97. The highest BCUT2D eigenvalue weighted by Crippen LogP contribution is 2.41. The summed E-state index contributed by atoms with van der Waals surface area (Å²) in [5, 5.41) is 13.3. The summed E-state index contributed by atoms with van der Waals surface area (Å²) in [6.45, 7) is 0. The van der Waals surface area contributed by atoms with Crippen LogP contribution in [-0.4, -0.2) is 20.5 Å². The highest BCUT2D eigenvalue weighted by molar-refractivity contribution is 6.06. The molecule has 0 aliphatic carbocycles. The van der Waals surface area contributed by atoms with Crippen LogP contribution < -0.4 is 4.74 Å². The number of ether oxygens (including phenoxy) is 1. The Kier molecular flexibility index (Phi) is 3.31. The lowest BCUT2D eigenvalue weighted by Gasteiger charge is -2.35. The van der Waals surface area contributed by atoms with Gasteiger partial charge in [0.2, 0.25) is 0 Å². The van der Waals surface area contributed by atoms with E-state index in [1.165, 1.54) is 0 Å². The molecule has 2 atom stereocenters. The number of hydrogen-bond acceptors (Lipinski definition) is 4. The fourth-order valence-corrected chi connectivity index (χ4v) is 3.02. The molecule has 0 spiro atoms. The monoisotopic (exact) mass is 305 g/mol. The lowest BCUT2D eigenvalue weighted by Crippen LogP contribution is -2.34. The van der Waals surface area contributed by atoms with Crippen LogP contribution in [0.3, 0.4) is 0 Å². The zero-order valence-electron chi connectivity index (χ0n) is 12.3. The number of oxime groups is 1. The highest BCUT2D eigenvalue weighted by Gasteiger charge is 2.38. The van der Waals surface area contributed by atoms with E-state index in [0.29, 0.717) is 11.5 Å². The Morgan fingerprint density at radius 3 is 2.57 bits per heavy atom. The Balaban J connectivity index is 1.90. The molecule has 0 amide bonds. The van der Waals surface area contributed by atoms with E-state index in [9.17, 15) is 5.21 Å². The normalized spacial score (nSPS) is 21.7.